The summed E-state index contributed by atoms with van der Waals surface area (Å²) in [5.41, 5.74) is 7.58. The molecule has 2 aromatic carbocycles. The zero-order chi connectivity index (χ0) is 21.1. The van der Waals surface area contributed by atoms with E-state index in [4.69, 9.17) is 19.9 Å². The third-order valence-electron chi connectivity index (χ3n) is 5.32. The van der Waals surface area contributed by atoms with E-state index >= 15 is 0 Å². The van der Waals surface area contributed by atoms with Crippen molar-refractivity contribution in [2.75, 3.05) is 43.6 Å². The van der Waals surface area contributed by atoms with Crippen LogP contribution < -0.4 is 30.2 Å². The van der Waals surface area contributed by atoms with Crippen molar-refractivity contribution < 1.29 is 23.8 Å². The molecular formula is C22H25N3O5. The fourth-order valence-electron chi connectivity index (χ4n) is 3.80. The number of carbonyl (C=O) groups is 2. The molecule has 0 saturated carbocycles. The van der Waals surface area contributed by atoms with Gasteiger partial charge in [0.15, 0.2) is 11.5 Å². The minimum atomic E-state index is -0.545. The average Bonchev–Trinajstić information content (AvgIpc) is 2.78. The van der Waals surface area contributed by atoms with Crippen LogP contribution in [0.3, 0.4) is 0 Å². The third-order valence-corrected chi connectivity index (χ3v) is 5.32. The predicted molar refractivity (Wildman–Crippen MR) is 113 cm³/mol. The van der Waals surface area contributed by atoms with Gasteiger partial charge in [-0.1, -0.05) is 0 Å². The maximum atomic E-state index is 13.1. The third kappa shape index (κ3) is 3.98. The molecule has 0 spiro atoms. The summed E-state index contributed by atoms with van der Waals surface area (Å²) in [6.45, 7) is 2.63. The molecule has 2 amide bonds. The molecule has 1 saturated heterocycles. The van der Waals surface area contributed by atoms with Gasteiger partial charge in [0.25, 0.3) is 5.91 Å². The van der Waals surface area contributed by atoms with E-state index in [-0.39, 0.29) is 5.91 Å². The maximum Gasteiger partial charge on any atom is 0.255 e. The number of carbonyl (C=O) groups excluding carboxylic acids is 2. The second-order valence-electron chi connectivity index (χ2n) is 7.30. The van der Waals surface area contributed by atoms with Crippen molar-refractivity contribution in [1.29, 1.82) is 0 Å². The molecule has 0 bridgehead atoms. The van der Waals surface area contributed by atoms with Gasteiger partial charge in [0, 0.05) is 24.2 Å². The number of fused-ring (bicyclic) bond motifs is 1. The van der Waals surface area contributed by atoms with E-state index in [1.807, 2.05) is 6.07 Å². The monoisotopic (exact) mass is 411 g/mol. The van der Waals surface area contributed by atoms with Gasteiger partial charge in [0.2, 0.25) is 11.7 Å². The fraction of sp³-hybridized carbons (Fsp3) is 0.364. The van der Waals surface area contributed by atoms with Gasteiger partial charge in [0.05, 0.1) is 18.5 Å². The van der Waals surface area contributed by atoms with Crippen molar-refractivity contribution >= 4 is 23.2 Å². The normalized spacial score (nSPS) is 15.4. The molecule has 0 radical (unpaired) electrons. The summed E-state index contributed by atoms with van der Waals surface area (Å²) < 4.78 is 16.6. The number of methoxy groups -OCH3 is 1. The smallest absolute Gasteiger partial charge is 0.255 e. The van der Waals surface area contributed by atoms with Crippen molar-refractivity contribution in [2.45, 2.75) is 19.3 Å². The molecule has 0 aromatic heterocycles. The van der Waals surface area contributed by atoms with Crippen LogP contribution in [0.4, 0.5) is 11.4 Å². The van der Waals surface area contributed by atoms with Crippen molar-refractivity contribution in [3.63, 3.8) is 0 Å². The molecular weight excluding hydrogens is 386 g/mol. The van der Waals surface area contributed by atoms with Gasteiger partial charge < -0.3 is 30.2 Å². The van der Waals surface area contributed by atoms with Crippen LogP contribution in [0.2, 0.25) is 0 Å². The molecule has 1 fully saturated rings. The van der Waals surface area contributed by atoms with Crippen LogP contribution in [0, 0.1) is 0 Å². The van der Waals surface area contributed by atoms with E-state index in [9.17, 15) is 9.59 Å². The Bertz CT molecular complexity index is 952. The SMILES string of the molecule is COc1cc(C(=O)Nc2cc(C(N)=O)ccc2N2CCCCC2)cc2c1OCCO2. The molecule has 2 aromatic rings. The number of hydrogen-bond donors (Lipinski definition) is 2. The van der Waals surface area contributed by atoms with Crippen LogP contribution in [0.25, 0.3) is 0 Å². The molecule has 4 rings (SSSR count). The van der Waals surface area contributed by atoms with E-state index in [1.165, 1.54) is 13.5 Å². The van der Waals surface area contributed by atoms with Crippen molar-refractivity contribution in [2.24, 2.45) is 5.73 Å². The fourth-order valence-corrected chi connectivity index (χ4v) is 3.80. The Balaban J connectivity index is 1.66. The largest absolute Gasteiger partial charge is 0.493 e. The van der Waals surface area contributed by atoms with E-state index in [0.717, 1.165) is 31.6 Å². The summed E-state index contributed by atoms with van der Waals surface area (Å²) in [6, 6.07) is 8.39. The highest BCUT2D eigenvalue weighted by atomic mass is 16.6. The van der Waals surface area contributed by atoms with Crippen LogP contribution in [-0.4, -0.2) is 45.2 Å². The molecule has 8 heteroatoms. The first-order valence-electron chi connectivity index (χ1n) is 10.0. The maximum absolute atomic E-state index is 13.1. The van der Waals surface area contributed by atoms with Crippen LogP contribution in [-0.2, 0) is 0 Å². The number of nitrogens with zero attached hydrogens (tertiary/aromatic N) is 1. The van der Waals surface area contributed by atoms with E-state index < -0.39 is 5.91 Å². The minimum absolute atomic E-state index is 0.339. The zero-order valence-electron chi connectivity index (χ0n) is 16.9. The van der Waals surface area contributed by atoms with Gasteiger partial charge in [-0.15, -0.1) is 0 Å². The highest BCUT2D eigenvalue weighted by Crippen LogP contribution is 2.40. The van der Waals surface area contributed by atoms with Gasteiger partial charge in [0.1, 0.15) is 13.2 Å². The number of hydrogen-bond acceptors (Lipinski definition) is 6. The molecule has 30 heavy (non-hydrogen) atoms. The van der Waals surface area contributed by atoms with Gasteiger partial charge in [-0.25, -0.2) is 0 Å². The molecule has 8 nitrogen and oxygen atoms in total. The lowest BCUT2D eigenvalue weighted by atomic mass is 10.1. The Morgan fingerprint density at radius 3 is 2.53 bits per heavy atom. The number of piperidine rings is 1. The van der Waals surface area contributed by atoms with Crippen molar-refractivity contribution in [3.8, 4) is 17.2 Å². The summed E-state index contributed by atoms with van der Waals surface area (Å²) in [4.78, 5) is 27.0. The van der Waals surface area contributed by atoms with Gasteiger partial charge in [-0.05, 0) is 49.6 Å². The lowest BCUT2D eigenvalue weighted by Gasteiger charge is -2.30. The van der Waals surface area contributed by atoms with Crippen molar-refractivity contribution in [1.82, 2.24) is 0 Å². The molecule has 0 aliphatic carbocycles. The Hall–Kier alpha value is -3.42. The summed E-state index contributed by atoms with van der Waals surface area (Å²) in [7, 11) is 1.51. The summed E-state index contributed by atoms with van der Waals surface area (Å²) in [6.07, 6.45) is 3.36. The topological polar surface area (TPSA) is 103 Å². The quantitative estimate of drug-likeness (QED) is 0.784. The van der Waals surface area contributed by atoms with Crippen LogP contribution >= 0.6 is 0 Å². The molecule has 2 aliphatic rings. The Kier molecular flexibility index (Phi) is 5.65. The van der Waals surface area contributed by atoms with E-state index in [1.54, 1.807) is 24.3 Å². The lowest BCUT2D eigenvalue weighted by Crippen LogP contribution is -2.30. The number of anilines is 2. The number of nitrogens with two attached hydrogens (primary N) is 1. The lowest BCUT2D eigenvalue weighted by molar-refractivity contribution is 0.0996. The highest BCUT2D eigenvalue weighted by molar-refractivity contribution is 6.07. The van der Waals surface area contributed by atoms with Gasteiger partial charge in [-0.3, -0.25) is 9.59 Å². The zero-order valence-corrected chi connectivity index (χ0v) is 16.9. The number of rotatable bonds is 5. The number of primary amides is 1. The minimum Gasteiger partial charge on any atom is -0.493 e. The van der Waals surface area contributed by atoms with E-state index in [2.05, 4.69) is 10.2 Å². The van der Waals surface area contributed by atoms with E-state index in [0.29, 0.717) is 47.3 Å². The Morgan fingerprint density at radius 1 is 1.03 bits per heavy atom. The number of ether oxygens (including phenoxy) is 3. The molecule has 0 atom stereocenters. The second-order valence-corrected chi connectivity index (χ2v) is 7.30. The summed E-state index contributed by atoms with van der Waals surface area (Å²) >= 11 is 0. The summed E-state index contributed by atoms with van der Waals surface area (Å²) in [5, 5.41) is 2.94. The predicted octanol–water partition coefficient (Wildman–Crippen LogP) is 2.81. The van der Waals surface area contributed by atoms with Crippen LogP contribution in [0.5, 0.6) is 17.2 Å². The van der Waals surface area contributed by atoms with Crippen LogP contribution in [0.15, 0.2) is 30.3 Å². The number of amides is 2. The molecule has 3 N–H and O–H groups in total. The molecule has 158 valence electrons. The van der Waals surface area contributed by atoms with Gasteiger partial charge >= 0.3 is 0 Å². The Morgan fingerprint density at radius 2 is 1.80 bits per heavy atom. The molecule has 0 unspecified atom stereocenters. The van der Waals surface area contributed by atoms with Crippen LogP contribution in [0.1, 0.15) is 40.0 Å². The average molecular weight is 411 g/mol. The number of nitrogens with one attached hydrogen (secondary N) is 1. The first-order chi connectivity index (χ1) is 14.6. The van der Waals surface area contributed by atoms with Crippen molar-refractivity contribution in [3.05, 3.63) is 41.5 Å². The highest BCUT2D eigenvalue weighted by Gasteiger charge is 2.23. The van der Waals surface area contributed by atoms with Gasteiger partial charge in [-0.2, -0.15) is 0 Å². The standard InChI is InChI=1S/C22H25N3O5/c1-28-18-12-15(13-19-20(18)30-10-9-29-19)22(27)24-16-11-14(21(23)26)5-6-17(16)25-7-3-2-4-8-25/h5-6,11-13H,2-4,7-10H2,1H3,(H2,23,26)(H,24,27). The molecule has 2 heterocycles. The second kappa shape index (κ2) is 8.52. The molecule has 2 aliphatic heterocycles. The first-order valence-corrected chi connectivity index (χ1v) is 10.0. The summed E-state index contributed by atoms with van der Waals surface area (Å²) in [5.74, 6) is 0.499. The Labute approximate surface area is 174 Å². The number of benzene rings is 2. The first kappa shape index (κ1) is 19.9.